The van der Waals surface area contributed by atoms with E-state index in [1.54, 1.807) is 6.07 Å². The van der Waals surface area contributed by atoms with Gasteiger partial charge in [0.25, 0.3) is 0 Å². The van der Waals surface area contributed by atoms with E-state index in [2.05, 4.69) is 41.8 Å². The number of benzene rings is 2. The maximum absolute atomic E-state index is 11.4. The summed E-state index contributed by atoms with van der Waals surface area (Å²) >= 11 is 13.2. The number of hydrogen-bond acceptors (Lipinski definition) is 2. The first kappa shape index (κ1) is 14.8. The fourth-order valence-electron chi connectivity index (χ4n) is 2.23. The SMILES string of the molecule is NC(c1cc(Br)ccc1Cl)c1cc2[nH]c(=O)[nH]c2cc1Br. The summed E-state index contributed by atoms with van der Waals surface area (Å²) in [4.78, 5) is 16.8. The number of H-pyrrole nitrogens is 2. The second kappa shape index (κ2) is 5.61. The Labute approximate surface area is 142 Å². The van der Waals surface area contributed by atoms with E-state index in [-0.39, 0.29) is 5.69 Å². The van der Waals surface area contributed by atoms with Crippen LogP contribution in [0.2, 0.25) is 5.02 Å². The normalized spacial score (nSPS) is 12.8. The van der Waals surface area contributed by atoms with Crippen molar-refractivity contribution in [2.24, 2.45) is 5.73 Å². The number of aromatic nitrogens is 2. The summed E-state index contributed by atoms with van der Waals surface area (Å²) in [5.74, 6) is 0. The molecule has 1 atom stereocenters. The Bertz CT molecular complexity index is 888. The zero-order valence-corrected chi connectivity index (χ0v) is 14.5. The predicted octanol–water partition coefficient (Wildman–Crippen LogP) is 4.08. The van der Waals surface area contributed by atoms with Crippen molar-refractivity contribution in [1.82, 2.24) is 9.97 Å². The smallest absolute Gasteiger partial charge is 0.320 e. The molecule has 0 aliphatic heterocycles. The highest BCUT2D eigenvalue weighted by Gasteiger charge is 2.17. The van der Waals surface area contributed by atoms with Gasteiger partial charge in [0.05, 0.1) is 17.1 Å². The van der Waals surface area contributed by atoms with Gasteiger partial charge in [0, 0.05) is 14.0 Å². The molecule has 0 saturated heterocycles. The van der Waals surface area contributed by atoms with Crippen molar-refractivity contribution in [3.05, 3.63) is 65.9 Å². The van der Waals surface area contributed by atoms with Crippen LogP contribution in [0.4, 0.5) is 0 Å². The van der Waals surface area contributed by atoms with Gasteiger partial charge in [-0.2, -0.15) is 0 Å². The summed E-state index contributed by atoms with van der Waals surface area (Å²) in [6.45, 7) is 0. The van der Waals surface area contributed by atoms with E-state index < -0.39 is 6.04 Å². The van der Waals surface area contributed by atoms with E-state index in [1.165, 1.54) is 0 Å². The van der Waals surface area contributed by atoms with Crippen molar-refractivity contribution < 1.29 is 0 Å². The van der Waals surface area contributed by atoms with Crippen LogP contribution in [-0.4, -0.2) is 9.97 Å². The van der Waals surface area contributed by atoms with E-state index in [0.29, 0.717) is 10.5 Å². The molecule has 0 fully saturated rings. The largest absolute Gasteiger partial charge is 0.323 e. The highest BCUT2D eigenvalue weighted by atomic mass is 79.9. The van der Waals surface area contributed by atoms with E-state index in [9.17, 15) is 4.79 Å². The molecular formula is C14H10Br2ClN3O. The molecule has 1 unspecified atom stereocenters. The van der Waals surface area contributed by atoms with Crippen molar-refractivity contribution in [3.63, 3.8) is 0 Å². The van der Waals surface area contributed by atoms with E-state index in [4.69, 9.17) is 17.3 Å². The Balaban J connectivity index is 2.16. The lowest BCUT2D eigenvalue weighted by molar-refractivity contribution is 0.867. The number of nitrogens with one attached hydrogen (secondary N) is 2. The minimum atomic E-state index is -0.410. The minimum Gasteiger partial charge on any atom is -0.320 e. The topological polar surface area (TPSA) is 74.7 Å². The molecule has 3 aromatic rings. The standard InChI is InChI=1S/C14H10Br2ClN3O/c15-6-1-2-10(17)8(3-6)13(18)7-4-11-12(5-9(7)16)20-14(21)19-11/h1-5,13H,18H2,(H2,19,20,21). The summed E-state index contributed by atoms with van der Waals surface area (Å²) in [5.41, 5.74) is 9.19. The molecule has 4 N–H and O–H groups in total. The fraction of sp³-hybridized carbons (Fsp3) is 0.0714. The van der Waals surface area contributed by atoms with Crippen molar-refractivity contribution >= 4 is 54.5 Å². The fourth-order valence-corrected chi connectivity index (χ4v) is 3.44. The molecule has 0 spiro atoms. The molecule has 1 heterocycles. The number of aromatic amines is 2. The average Bonchev–Trinajstić information content (AvgIpc) is 2.79. The van der Waals surface area contributed by atoms with Gasteiger partial charge in [-0.3, -0.25) is 0 Å². The van der Waals surface area contributed by atoms with Gasteiger partial charge >= 0.3 is 5.69 Å². The monoisotopic (exact) mass is 429 g/mol. The lowest BCUT2D eigenvalue weighted by Crippen LogP contribution is -2.13. The number of hydrogen-bond donors (Lipinski definition) is 3. The van der Waals surface area contributed by atoms with Gasteiger partial charge in [0.15, 0.2) is 0 Å². The summed E-state index contributed by atoms with van der Waals surface area (Å²) in [6, 6.07) is 8.82. The molecule has 0 aliphatic carbocycles. The van der Waals surface area contributed by atoms with Gasteiger partial charge < -0.3 is 15.7 Å². The van der Waals surface area contributed by atoms with Crippen molar-refractivity contribution in [2.45, 2.75) is 6.04 Å². The van der Waals surface area contributed by atoms with Gasteiger partial charge in [-0.25, -0.2) is 4.79 Å². The molecule has 21 heavy (non-hydrogen) atoms. The zero-order valence-electron chi connectivity index (χ0n) is 10.6. The van der Waals surface area contributed by atoms with Crippen LogP contribution in [0.15, 0.2) is 44.1 Å². The second-order valence-electron chi connectivity index (χ2n) is 4.64. The highest BCUT2D eigenvalue weighted by Crippen LogP contribution is 2.34. The lowest BCUT2D eigenvalue weighted by Gasteiger charge is -2.16. The third-order valence-electron chi connectivity index (χ3n) is 3.26. The van der Waals surface area contributed by atoms with Crippen molar-refractivity contribution in [2.75, 3.05) is 0 Å². The molecular weight excluding hydrogens is 421 g/mol. The summed E-state index contributed by atoms with van der Waals surface area (Å²) in [6.07, 6.45) is 0. The molecule has 1 aromatic heterocycles. The van der Waals surface area contributed by atoms with Crippen LogP contribution in [0, 0.1) is 0 Å². The lowest BCUT2D eigenvalue weighted by atomic mass is 9.99. The van der Waals surface area contributed by atoms with Crippen LogP contribution >= 0.6 is 43.5 Å². The van der Waals surface area contributed by atoms with Crippen LogP contribution in [0.5, 0.6) is 0 Å². The van der Waals surface area contributed by atoms with Crippen LogP contribution in [0.3, 0.4) is 0 Å². The zero-order chi connectivity index (χ0) is 15.1. The van der Waals surface area contributed by atoms with Gasteiger partial charge in [0.2, 0.25) is 0 Å². The molecule has 0 bridgehead atoms. The highest BCUT2D eigenvalue weighted by molar-refractivity contribution is 9.10. The molecule has 2 aromatic carbocycles. The van der Waals surface area contributed by atoms with Crippen LogP contribution in [-0.2, 0) is 0 Å². The Kier molecular flexibility index (Phi) is 3.96. The first-order chi connectivity index (χ1) is 9.95. The molecule has 3 rings (SSSR count). The first-order valence-corrected chi connectivity index (χ1v) is 8.04. The number of nitrogens with two attached hydrogens (primary N) is 1. The Morgan fingerprint density at radius 2 is 1.71 bits per heavy atom. The minimum absolute atomic E-state index is 0.247. The maximum atomic E-state index is 11.4. The van der Waals surface area contributed by atoms with E-state index >= 15 is 0 Å². The number of imidazole rings is 1. The molecule has 0 amide bonds. The van der Waals surface area contributed by atoms with E-state index in [1.807, 2.05) is 24.3 Å². The second-order valence-corrected chi connectivity index (χ2v) is 6.82. The van der Waals surface area contributed by atoms with Crippen LogP contribution in [0.25, 0.3) is 11.0 Å². The summed E-state index contributed by atoms with van der Waals surface area (Å²) in [5, 5.41) is 0.597. The molecule has 108 valence electrons. The van der Waals surface area contributed by atoms with Crippen LogP contribution in [0.1, 0.15) is 17.2 Å². The van der Waals surface area contributed by atoms with Crippen LogP contribution < -0.4 is 11.4 Å². The molecule has 0 aliphatic rings. The molecule has 0 radical (unpaired) electrons. The van der Waals surface area contributed by atoms with Crippen molar-refractivity contribution in [1.29, 1.82) is 0 Å². The Morgan fingerprint density at radius 1 is 1.05 bits per heavy atom. The molecule has 7 heteroatoms. The predicted molar refractivity (Wildman–Crippen MR) is 91.8 cm³/mol. The maximum Gasteiger partial charge on any atom is 0.323 e. The first-order valence-electron chi connectivity index (χ1n) is 6.07. The van der Waals surface area contributed by atoms with Gasteiger partial charge in [-0.05, 0) is 41.5 Å². The Morgan fingerprint density at radius 3 is 2.43 bits per heavy atom. The third-order valence-corrected chi connectivity index (χ3v) is 4.79. The third kappa shape index (κ3) is 2.81. The average molecular weight is 432 g/mol. The van der Waals surface area contributed by atoms with Gasteiger partial charge in [0.1, 0.15) is 0 Å². The van der Waals surface area contributed by atoms with Gasteiger partial charge in [-0.1, -0.05) is 43.5 Å². The quantitative estimate of drug-likeness (QED) is 0.572. The van der Waals surface area contributed by atoms with Gasteiger partial charge in [-0.15, -0.1) is 0 Å². The number of fused-ring (bicyclic) bond motifs is 1. The van der Waals surface area contributed by atoms with Crippen molar-refractivity contribution in [3.8, 4) is 0 Å². The number of rotatable bonds is 2. The molecule has 4 nitrogen and oxygen atoms in total. The summed E-state index contributed by atoms with van der Waals surface area (Å²) < 4.78 is 1.72. The van der Waals surface area contributed by atoms with E-state index in [0.717, 1.165) is 25.6 Å². The molecule has 0 saturated carbocycles. The number of halogens is 3. The Hall–Kier alpha value is -1.08. The summed E-state index contributed by atoms with van der Waals surface area (Å²) in [7, 11) is 0.